The number of aromatic nitrogens is 3. The fourth-order valence-electron chi connectivity index (χ4n) is 5.58. The van der Waals surface area contributed by atoms with Gasteiger partial charge in [-0.05, 0) is 43.2 Å². The molecule has 10 nitrogen and oxygen atoms in total. The molecule has 0 amide bonds. The van der Waals surface area contributed by atoms with E-state index >= 15 is 0 Å². The fourth-order valence-corrected chi connectivity index (χ4v) is 5.58. The molecule has 5 aromatic rings. The van der Waals surface area contributed by atoms with Crippen LogP contribution < -0.4 is 20.6 Å². The topological polar surface area (TPSA) is 136 Å². The first-order valence-electron chi connectivity index (χ1n) is 13.4. The van der Waals surface area contributed by atoms with Crippen molar-refractivity contribution in [2.75, 3.05) is 20.3 Å². The Morgan fingerprint density at radius 2 is 1.83 bits per heavy atom. The van der Waals surface area contributed by atoms with Gasteiger partial charge < -0.3 is 33.9 Å². The van der Waals surface area contributed by atoms with Crippen LogP contribution in [0, 0.1) is 6.92 Å². The number of hydrogen-bond acceptors (Lipinski definition) is 7. The molecule has 0 spiro atoms. The summed E-state index contributed by atoms with van der Waals surface area (Å²) in [5, 5.41) is 12.7. The Hall–Kier alpha value is -4.99. The van der Waals surface area contributed by atoms with E-state index in [4.69, 9.17) is 14.2 Å². The number of aromatic amines is 2. The lowest BCUT2D eigenvalue weighted by Gasteiger charge is -2.21. The quantitative estimate of drug-likeness (QED) is 0.259. The van der Waals surface area contributed by atoms with Crippen LogP contribution in [0.1, 0.15) is 34.7 Å². The molecule has 6 rings (SSSR count). The Labute approximate surface area is 234 Å². The highest BCUT2D eigenvalue weighted by molar-refractivity contribution is 5.84. The number of nitrogens with one attached hydrogen (secondary N) is 2. The molecular weight excluding hydrogens is 526 g/mol. The Morgan fingerprint density at radius 1 is 1.07 bits per heavy atom. The molecule has 1 atom stereocenters. The first kappa shape index (κ1) is 26.2. The molecule has 0 saturated heterocycles. The molecule has 3 N–H and O–H groups in total. The van der Waals surface area contributed by atoms with Gasteiger partial charge in [0.1, 0.15) is 19.0 Å². The van der Waals surface area contributed by atoms with E-state index in [1.807, 2.05) is 30.5 Å². The van der Waals surface area contributed by atoms with Crippen LogP contribution in [-0.2, 0) is 22.5 Å². The molecule has 0 fully saturated rings. The van der Waals surface area contributed by atoms with Crippen LogP contribution >= 0.6 is 0 Å². The Bertz CT molecular complexity index is 1920. The number of hydrogen-bond donors (Lipinski definition) is 3. The first-order valence-corrected chi connectivity index (χ1v) is 13.4. The standard InChI is InChI=1S/C31H29N3O7/c1-17-11-25(35)29(31(38)34(17)8-7-18-16-32-23-6-4-3-5-20(18)23)21(14-28(36)39-2)22-12-19-13-26-27(41-10-9-40-26)15-24(19)33-30(22)37/h3-6,11-13,15-16,21,32,35H,7-10,14H2,1-2H3,(H,33,37). The van der Waals surface area contributed by atoms with E-state index < -0.39 is 23.0 Å². The zero-order chi connectivity index (χ0) is 28.7. The predicted molar refractivity (Wildman–Crippen MR) is 153 cm³/mol. The van der Waals surface area contributed by atoms with Crippen LogP contribution in [0.25, 0.3) is 21.8 Å². The van der Waals surface area contributed by atoms with Gasteiger partial charge in [0.2, 0.25) is 0 Å². The van der Waals surface area contributed by atoms with Gasteiger partial charge in [0, 0.05) is 52.3 Å². The summed E-state index contributed by atoms with van der Waals surface area (Å²) in [6.07, 6.45) is 2.17. The third-order valence-corrected chi connectivity index (χ3v) is 7.66. The molecule has 0 aliphatic carbocycles. The molecule has 10 heteroatoms. The number of para-hydroxylation sites is 1. The highest BCUT2D eigenvalue weighted by atomic mass is 16.6. The summed E-state index contributed by atoms with van der Waals surface area (Å²) in [4.78, 5) is 46.0. The van der Waals surface area contributed by atoms with Gasteiger partial charge >= 0.3 is 5.97 Å². The van der Waals surface area contributed by atoms with Crippen LogP contribution in [-0.4, -0.2) is 45.9 Å². The number of carbonyl (C=O) groups is 1. The summed E-state index contributed by atoms with van der Waals surface area (Å²) in [7, 11) is 1.24. The third-order valence-electron chi connectivity index (χ3n) is 7.66. The lowest BCUT2D eigenvalue weighted by Crippen LogP contribution is -2.31. The number of carbonyl (C=O) groups excluding carboxylic acids is 1. The number of esters is 1. The summed E-state index contributed by atoms with van der Waals surface area (Å²) >= 11 is 0. The second-order valence-electron chi connectivity index (χ2n) is 10.1. The van der Waals surface area contributed by atoms with Crippen molar-refractivity contribution in [2.24, 2.45) is 0 Å². The van der Waals surface area contributed by atoms with Gasteiger partial charge in [0.05, 0.1) is 24.6 Å². The number of aryl methyl sites for hydroxylation is 2. The third kappa shape index (κ3) is 4.82. The van der Waals surface area contributed by atoms with Gasteiger partial charge in [-0.2, -0.15) is 0 Å². The highest BCUT2D eigenvalue weighted by Crippen LogP contribution is 2.36. The van der Waals surface area contributed by atoms with Crippen LogP contribution in [0.4, 0.5) is 0 Å². The number of aromatic hydroxyl groups is 1. The van der Waals surface area contributed by atoms with E-state index in [1.165, 1.54) is 13.2 Å². The van der Waals surface area contributed by atoms with E-state index in [2.05, 4.69) is 9.97 Å². The molecule has 0 radical (unpaired) electrons. The van der Waals surface area contributed by atoms with Crippen molar-refractivity contribution >= 4 is 27.8 Å². The second kappa shape index (κ2) is 10.5. The second-order valence-corrected chi connectivity index (χ2v) is 10.1. The van der Waals surface area contributed by atoms with Crippen molar-refractivity contribution in [1.29, 1.82) is 0 Å². The summed E-state index contributed by atoms with van der Waals surface area (Å²) < 4.78 is 17.8. The van der Waals surface area contributed by atoms with E-state index in [9.17, 15) is 19.5 Å². The number of ether oxygens (including phenoxy) is 3. The number of methoxy groups -OCH3 is 1. The zero-order valence-corrected chi connectivity index (χ0v) is 22.7. The smallest absolute Gasteiger partial charge is 0.306 e. The van der Waals surface area contributed by atoms with Gasteiger partial charge in [-0.1, -0.05) is 18.2 Å². The maximum absolute atomic E-state index is 14.0. The SMILES string of the molecule is COC(=O)CC(c1cc2cc3c(cc2[nH]c1=O)OCCO3)c1c(O)cc(C)n(CCc2c[nH]c3ccccc23)c1=O. The van der Waals surface area contributed by atoms with Crippen molar-refractivity contribution in [2.45, 2.75) is 32.2 Å². The predicted octanol–water partition coefficient (Wildman–Crippen LogP) is 3.89. The number of fused-ring (bicyclic) bond motifs is 3. The molecule has 0 saturated carbocycles. The average Bonchev–Trinajstić information content (AvgIpc) is 3.38. The molecule has 1 unspecified atom stereocenters. The summed E-state index contributed by atoms with van der Waals surface area (Å²) in [6.45, 7) is 2.88. The first-order chi connectivity index (χ1) is 19.8. The Morgan fingerprint density at radius 3 is 2.61 bits per heavy atom. The number of benzene rings is 2. The molecule has 41 heavy (non-hydrogen) atoms. The largest absolute Gasteiger partial charge is 0.507 e. The Kier molecular flexibility index (Phi) is 6.74. The van der Waals surface area contributed by atoms with E-state index in [0.29, 0.717) is 54.3 Å². The highest BCUT2D eigenvalue weighted by Gasteiger charge is 2.29. The van der Waals surface area contributed by atoms with Gasteiger partial charge in [0.15, 0.2) is 11.5 Å². The van der Waals surface area contributed by atoms with E-state index in [-0.39, 0.29) is 23.3 Å². The molecule has 1 aliphatic rings. The molecule has 2 aromatic carbocycles. The minimum absolute atomic E-state index is 0.0395. The maximum atomic E-state index is 14.0. The molecular formula is C31H29N3O7. The lowest BCUT2D eigenvalue weighted by atomic mass is 9.88. The number of rotatable bonds is 7. The van der Waals surface area contributed by atoms with Crippen molar-refractivity contribution in [3.63, 3.8) is 0 Å². The van der Waals surface area contributed by atoms with E-state index in [0.717, 1.165) is 16.5 Å². The fraction of sp³-hybridized carbons (Fsp3) is 0.258. The van der Waals surface area contributed by atoms with Gasteiger partial charge in [-0.3, -0.25) is 14.4 Å². The molecule has 210 valence electrons. The van der Waals surface area contributed by atoms with Crippen molar-refractivity contribution in [3.05, 3.63) is 97.8 Å². The maximum Gasteiger partial charge on any atom is 0.306 e. The van der Waals surface area contributed by atoms with E-state index in [1.54, 1.807) is 29.7 Å². The van der Waals surface area contributed by atoms with Crippen LogP contribution in [0.5, 0.6) is 17.2 Å². The lowest BCUT2D eigenvalue weighted by molar-refractivity contribution is -0.140. The summed E-state index contributed by atoms with van der Waals surface area (Å²) in [6, 6.07) is 14.5. The molecule has 3 aromatic heterocycles. The summed E-state index contributed by atoms with van der Waals surface area (Å²) in [5.74, 6) is -0.916. The van der Waals surface area contributed by atoms with Crippen molar-refractivity contribution in [3.8, 4) is 17.2 Å². The minimum atomic E-state index is -1.06. The van der Waals surface area contributed by atoms with Crippen molar-refractivity contribution in [1.82, 2.24) is 14.5 Å². The van der Waals surface area contributed by atoms with Gasteiger partial charge in [-0.25, -0.2) is 0 Å². The normalized spacial score (nSPS) is 13.4. The van der Waals surface area contributed by atoms with Crippen LogP contribution in [0.3, 0.4) is 0 Å². The molecule has 4 heterocycles. The minimum Gasteiger partial charge on any atom is -0.507 e. The molecule has 1 aliphatic heterocycles. The average molecular weight is 556 g/mol. The van der Waals surface area contributed by atoms with Crippen molar-refractivity contribution < 1.29 is 24.1 Å². The number of H-pyrrole nitrogens is 2. The van der Waals surface area contributed by atoms with Gasteiger partial charge in [-0.15, -0.1) is 0 Å². The number of nitrogens with zero attached hydrogens (tertiary/aromatic N) is 1. The Balaban J connectivity index is 1.45. The van der Waals surface area contributed by atoms with Crippen LogP contribution in [0.2, 0.25) is 0 Å². The zero-order valence-electron chi connectivity index (χ0n) is 22.7. The summed E-state index contributed by atoms with van der Waals surface area (Å²) in [5.41, 5.74) is 2.28. The monoisotopic (exact) mass is 555 g/mol. The molecule has 0 bridgehead atoms. The van der Waals surface area contributed by atoms with Gasteiger partial charge in [0.25, 0.3) is 11.1 Å². The number of pyridine rings is 2. The van der Waals surface area contributed by atoms with Crippen LogP contribution in [0.15, 0.2) is 64.3 Å².